The first-order chi connectivity index (χ1) is 8.06. The molecule has 0 radical (unpaired) electrons. The zero-order valence-electron chi connectivity index (χ0n) is 8.70. The molecule has 7 heteroatoms. The molecule has 0 unspecified atom stereocenters. The number of nitrogens with zero attached hydrogens (tertiary/aromatic N) is 1. The molecule has 2 aromatic rings. The number of ether oxygens (including phenoxy) is 1. The molecule has 0 bridgehead atoms. The highest BCUT2D eigenvalue weighted by Gasteiger charge is 2.22. The normalized spacial score (nSPS) is 10.5. The monoisotopic (exact) mass is 302 g/mol. The summed E-state index contributed by atoms with van der Waals surface area (Å²) in [7, 11) is 1.31. The van der Waals surface area contributed by atoms with Crippen molar-refractivity contribution in [2.75, 3.05) is 12.8 Å². The van der Waals surface area contributed by atoms with Gasteiger partial charge in [-0.3, -0.25) is 0 Å². The molecule has 5 nitrogen and oxygen atoms in total. The predicted molar refractivity (Wildman–Crippen MR) is 62.2 cm³/mol. The topological polar surface area (TPSA) is 81.5 Å². The van der Waals surface area contributed by atoms with Crippen LogP contribution in [0.2, 0.25) is 0 Å². The number of phenolic OH excluding ortho intramolecular Hbond substituents is 1. The van der Waals surface area contributed by atoms with Crippen molar-refractivity contribution in [1.82, 2.24) is 5.16 Å². The number of rotatable bonds is 2. The number of aromatic nitrogens is 1. The third kappa shape index (κ3) is 1.82. The van der Waals surface area contributed by atoms with Gasteiger partial charge in [0, 0.05) is 10.0 Å². The van der Waals surface area contributed by atoms with Gasteiger partial charge in [0.25, 0.3) is 0 Å². The van der Waals surface area contributed by atoms with Crippen LogP contribution in [0.15, 0.2) is 21.3 Å². The molecule has 0 saturated carbocycles. The van der Waals surface area contributed by atoms with E-state index in [0.717, 1.165) is 6.07 Å². The van der Waals surface area contributed by atoms with E-state index < -0.39 is 11.6 Å². The van der Waals surface area contributed by atoms with Crippen molar-refractivity contribution in [3.05, 3.63) is 22.6 Å². The van der Waals surface area contributed by atoms with Crippen molar-refractivity contribution >= 4 is 21.8 Å². The standard InChI is InChI=1S/C10H8BrFN2O3/c1-16-9-7(4-3-14-17-10(4)13)5(11)2-6(12)8(9)15/h2-3,15H,13H2,1H3. The highest BCUT2D eigenvalue weighted by Crippen LogP contribution is 2.45. The highest BCUT2D eigenvalue weighted by molar-refractivity contribution is 9.10. The van der Waals surface area contributed by atoms with Crippen LogP contribution in [0.5, 0.6) is 11.5 Å². The van der Waals surface area contributed by atoms with Gasteiger partial charge in [0.1, 0.15) is 0 Å². The van der Waals surface area contributed by atoms with Crippen molar-refractivity contribution < 1.29 is 18.8 Å². The molecule has 0 amide bonds. The second-order valence-corrected chi connectivity index (χ2v) is 4.06. The lowest BCUT2D eigenvalue weighted by Gasteiger charge is -2.11. The number of hydrogen-bond donors (Lipinski definition) is 2. The van der Waals surface area contributed by atoms with E-state index in [1.54, 1.807) is 0 Å². The summed E-state index contributed by atoms with van der Waals surface area (Å²) >= 11 is 3.17. The number of hydrogen-bond acceptors (Lipinski definition) is 5. The Balaban J connectivity index is 2.77. The lowest BCUT2D eigenvalue weighted by atomic mass is 10.1. The predicted octanol–water partition coefficient (Wildman–Crippen LogP) is 2.54. The molecule has 3 N–H and O–H groups in total. The first-order valence-corrected chi connectivity index (χ1v) is 5.31. The average molecular weight is 303 g/mol. The van der Waals surface area contributed by atoms with Crippen LogP contribution in [-0.4, -0.2) is 17.4 Å². The fraction of sp³-hybridized carbons (Fsp3) is 0.100. The molecule has 90 valence electrons. The van der Waals surface area contributed by atoms with Crippen LogP contribution in [0.1, 0.15) is 0 Å². The summed E-state index contributed by atoms with van der Waals surface area (Å²) < 4.78 is 23.4. The maximum atomic E-state index is 13.3. The van der Waals surface area contributed by atoms with E-state index in [-0.39, 0.29) is 11.6 Å². The van der Waals surface area contributed by atoms with Gasteiger partial charge in [-0.15, -0.1) is 0 Å². The second kappa shape index (κ2) is 4.25. The van der Waals surface area contributed by atoms with E-state index in [4.69, 9.17) is 15.0 Å². The highest BCUT2D eigenvalue weighted by atomic mass is 79.9. The van der Waals surface area contributed by atoms with Gasteiger partial charge in [-0.05, 0) is 22.0 Å². The molecule has 17 heavy (non-hydrogen) atoms. The molecule has 1 heterocycles. The SMILES string of the molecule is COc1c(O)c(F)cc(Br)c1-c1cnoc1N. The number of nitrogen functional groups attached to an aromatic ring is 1. The summed E-state index contributed by atoms with van der Waals surface area (Å²) in [5.74, 6) is -1.37. The summed E-state index contributed by atoms with van der Waals surface area (Å²) in [4.78, 5) is 0. The fourth-order valence-electron chi connectivity index (χ4n) is 1.47. The van der Waals surface area contributed by atoms with E-state index >= 15 is 0 Å². The van der Waals surface area contributed by atoms with Crippen LogP contribution < -0.4 is 10.5 Å². The van der Waals surface area contributed by atoms with E-state index in [0.29, 0.717) is 15.6 Å². The second-order valence-electron chi connectivity index (χ2n) is 3.20. The summed E-state index contributed by atoms with van der Waals surface area (Å²) in [6, 6.07) is 1.11. The first kappa shape index (κ1) is 11.7. The van der Waals surface area contributed by atoms with E-state index in [2.05, 4.69) is 21.1 Å². The number of benzene rings is 1. The molecule has 0 saturated heterocycles. The van der Waals surface area contributed by atoms with Gasteiger partial charge in [0.15, 0.2) is 17.3 Å². The Morgan fingerprint density at radius 1 is 1.59 bits per heavy atom. The molecule has 0 fully saturated rings. The number of anilines is 1. The minimum Gasteiger partial charge on any atom is -0.502 e. The summed E-state index contributed by atoms with van der Waals surface area (Å²) in [6.45, 7) is 0. The minimum absolute atomic E-state index is 0.0354. The van der Waals surface area contributed by atoms with Gasteiger partial charge in [0.05, 0.1) is 18.9 Å². The van der Waals surface area contributed by atoms with Gasteiger partial charge in [-0.1, -0.05) is 5.16 Å². The Bertz CT molecular complexity index is 571. The summed E-state index contributed by atoms with van der Waals surface area (Å²) in [5.41, 5.74) is 6.36. The van der Waals surface area contributed by atoms with E-state index in [1.165, 1.54) is 13.3 Å². The molecule has 2 rings (SSSR count). The average Bonchev–Trinajstić information content (AvgIpc) is 2.69. The quantitative estimate of drug-likeness (QED) is 0.891. The number of aromatic hydroxyl groups is 1. The molecule has 1 aromatic heterocycles. The third-order valence-corrected chi connectivity index (χ3v) is 2.86. The fourth-order valence-corrected chi connectivity index (χ4v) is 2.07. The minimum atomic E-state index is -0.799. The van der Waals surface area contributed by atoms with Gasteiger partial charge in [0.2, 0.25) is 5.88 Å². The number of halogens is 2. The Labute approximate surface area is 104 Å². The molecule has 1 aromatic carbocycles. The van der Waals surface area contributed by atoms with Gasteiger partial charge in [-0.25, -0.2) is 4.39 Å². The van der Waals surface area contributed by atoms with Crippen LogP contribution in [0.4, 0.5) is 10.3 Å². The van der Waals surface area contributed by atoms with Crippen LogP contribution in [0.3, 0.4) is 0 Å². The smallest absolute Gasteiger partial charge is 0.230 e. The Morgan fingerprint density at radius 2 is 2.29 bits per heavy atom. The van der Waals surface area contributed by atoms with Gasteiger partial charge < -0.3 is 20.1 Å². The molecule has 0 aliphatic heterocycles. The zero-order valence-corrected chi connectivity index (χ0v) is 10.3. The first-order valence-electron chi connectivity index (χ1n) is 4.51. The third-order valence-electron chi connectivity index (χ3n) is 2.23. The summed E-state index contributed by atoms with van der Waals surface area (Å²) in [5, 5.41) is 13.1. The number of methoxy groups -OCH3 is 1. The van der Waals surface area contributed by atoms with Crippen LogP contribution in [-0.2, 0) is 0 Å². The molecule has 0 atom stereocenters. The largest absolute Gasteiger partial charge is 0.502 e. The lowest BCUT2D eigenvalue weighted by molar-refractivity contribution is 0.358. The maximum absolute atomic E-state index is 13.3. The van der Waals surface area contributed by atoms with Gasteiger partial charge >= 0.3 is 0 Å². The number of nitrogens with two attached hydrogens (primary N) is 1. The molecular weight excluding hydrogens is 295 g/mol. The van der Waals surface area contributed by atoms with Crippen LogP contribution in [0.25, 0.3) is 11.1 Å². The van der Waals surface area contributed by atoms with Crippen molar-refractivity contribution in [3.8, 4) is 22.6 Å². The van der Waals surface area contributed by atoms with Crippen molar-refractivity contribution in [3.63, 3.8) is 0 Å². The Hall–Kier alpha value is -1.76. The maximum Gasteiger partial charge on any atom is 0.230 e. The van der Waals surface area contributed by atoms with E-state index in [9.17, 15) is 9.50 Å². The lowest BCUT2D eigenvalue weighted by Crippen LogP contribution is -1.94. The van der Waals surface area contributed by atoms with Crippen molar-refractivity contribution in [2.24, 2.45) is 0 Å². The zero-order chi connectivity index (χ0) is 12.6. The van der Waals surface area contributed by atoms with Crippen molar-refractivity contribution in [2.45, 2.75) is 0 Å². The van der Waals surface area contributed by atoms with Crippen LogP contribution in [0, 0.1) is 5.82 Å². The molecule has 0 aliphatic rings. The molecule has 0 aliphatic carbocycles. The van der Waals surface area contributed by atoms with Crippen LogP contribution >= 0.6 is 15.9 Å². The van der Waals surface area contributed by atoms with Crippen molar-refractivity contribution in [1.29, 1.82) is 0 Å². The van der Waals surface area contributed by atoms with Gasteiger partial charge in [-0.2, -0.15) is 0 Å². The summed E-state index contributed by atoms with van der Waals surface area (Å²) in [6.07, 6.45) is 1.36. The number of phenols is 1. The molecular formula is C10H8BrFN2O3. The Morgan fingerprint density at radius 3 is 2.82 bits per heavy atom. The Kier molecular flexibility index (Phi) is 2.93. The molecule has 0 spiro atoms. The van der Waals surface area contributed by atoms with E-state index in [1.807, 2.05) is 0 Å².